The number of aromatic nitrogens is 1. The number of aldehydes is 1. The molecule has 1 heterocycles. The molecule has 0 radical (unpaired) electrons. The quantitative estimate of drug-likeness (QED) is 0.674. The summed E-state index contributed by atoms with van der Waals surface area (Å²) in [5, 5.41) is 2.04. The molecule has 3 aromatic rings. The number of para-hydroxylation sites is 1. The van der Waals surface area contributed by atoms with Crippen LogP contribution in [0.3, 0.4) is 0 Å². The lowest BCUT2D eigenvalue weighted by atomic mass is 10.1. The number of hydrogen-bond acceptors (Lipinski definition) is 4. The third-order valence-corrected chi connectivity index (χ3v) is 3.48. The minimum absolute atomic E-state index is 0.336. The second kappa shape index (κ2) is 6.26. The highest BCUT2D eigenvalue weighted by molar-refractivity contribution is 5.86. The second-order valence-corrected chi connectivity index (χ2v) is 4.83. The fourth-order valence-electron chi connectivity index (χ4n) is 2.31. The van der Waals surface area contributed by atoms with E-state index >= 15 is 0 Å². The van der Waals surface area contributed by atoms with Crippen molar-refractivity contribution in [3.05, 3.63) is 66.0 Å². The Morgan fingerprint density at radius 2 is 2.00 bits per heavy atom. The zero-order valence-electron chi connectivity index (χ0n) is 12.2. The molecule has 0 saturated heterocycles. The fraction of sp³-hybridized carbons (Fsp3) is 0.111. The molecule has 0 atom stereocenters. The number of nitrogens with zero attached hydrogens (tertiary/aromatic N) is 1. The summed E-state index contributed by atoms with van der Waals surface area (Å²) >= 11 is 0. The van der Waals surface area contributed by atoms with Crippen LogP contribution in [0.25, 0.3) is 10.8 Å². The normalized spacial score (nSPS) is 10.4. The number of pyridine rings is 1. The van der Waals surface area contributed by atoms with Crippen LogP contribution in [0.15, 0.2) is 54.9 Å². The smallest absolute Gasteiger partial charge is 0.153 e. The van der Waals surface area contributed by atoms with E-state index in [0.717, 1.165) is 28.4 Å². The van der Waals surface area contributed by atoms with E-state index in [9.17, 15) is 4.79 Å². The largest absolute Gasteiger partial charge is 0.497 e. The summed E-state index contributed by atoms with van der Waals surface area (Å²) in [4.78, 5) is 15.3. The van der Waals surface area contributed by atoms with Gasteiger partial charge in [0.15, 0.2) is 6.29 Å². The fourth-order valence-corrected chi connectivity index (χ4v) is 2.31. The minimum Gasteiger partial charge on any atom is -0.497 e. The summed E-state index contributed by atoms with van der Waals surface area (Å²) in [6.45, 7) is 0.336. The Labute approximate surface area is 128 Å². The summed E-state index contributed by atoms with van der Waals surface area (Å²) in [5.74, 6) is 1.35. The predicted octanol–water partition coefficient (Wildman–Crippen LogP) is 3.63. The molecule has 0 aliphatic carbocycles. The average molecular weight is 293 g/mol. The first-order chi connectivity index (χ1) is 10.8. The van der Waals surface area contributed by atoms with Gasteiger partial charge in [-0.25, -0.2) is 0 Å². The maximum atomic E-state index is 11.0. The van der Waals surface area contributed by atoms with E-state index in [1.807, 2.05) is 24.3 Å². The lowest BCUT2D eigenvalue weighted by Gasteiger charge is -2.11. The van der Waals surface area contributed by atoms with Crippen LogP contribution in [-0.2, 0) is 6.61 Å². The summed E-state index contributed by atoms with van der Waals surface area (Å²) in [7, 11) is 1.64. The monoisotopic (exact) mass is 293 g/mol. The Morgan fingerprint density at radius 3 is 2.82 bits per heavy atom. The van der Waals surface area contributed by atoms with E-state index in [4.69, 9.17) is 9.47 Å². The van der Waals surface area contributed by atoms with Gasteiger partial charge in [-0.1, -0.05) is 12.1 Å². The molecule has 2 aromatic carbocycles. The number of rotatable bonds is 5. The molecule has 0 bridgehead atoms. The van der Waals surface area contributed by atoms with Crippen molar-refractivity contribution >= 4 is 17.1 Å². The molecule has 0 spiro atoms. The molecule has 0 aliphatic rings. The summed E-state index contributed by atoms with van der Waals surface area (Å²) in [6, 6.07) is 13.0. The average Bonchev–Trinajstić information content (AvgIpc) is 2.59. The number of ether oxygens (including phenoxy) is 2. The Kier molecular flexibility index (Phi) is 4.01. The molecule has 0 N–H and O–H groups in total. The van der Waals surface area contributed by atoms with Gasteiger partial charge in [0.2, 0.25) is 0 Å². The number of hydrogen-bond donors (Lipinski definition) is 0. The van der Waals surface area contributed by atoms with Gasteiger partial charge in [0.25, 0.3) is 0 Å². The molecule has 0 unspecified atom stereocenters. The van der Waals surface area contributed by atoms with Crippen LogP contribution in [0.4, 0.5) is 0 Å². The summed E-state index contributed by atoms with van der Waals surface area (Å²) in [6.07, 6.45) is 4.36. The molecule has 4 heteroatoms. The Bertz CT molecular complexity index is 814. The topological polar surface area (TPSA) is 48.4 Å². The first-order valence-corrected chi connectivity index (χ1v) is 6.89. The zero-order valence-corrected chi connectivity index (χ0v) is 12.2. The number of methoxy groups -OCH3 is 1. The van der Waals surface area contributed by atoms with Gasteiger partial charge in [0, 0.05) is 23.3 Å². The zero-order chi connectivity index (χ0) is 15.4. The predicted molar refractivity (Wildman–Crippen MR) is 84.5 cm³/mol. The van der Waals surface area contributed by atoms with Gasteiger partial charge >= 0.3 is 0 Å². The first-order valence-electron chi connectivity index (χ1n) is 6.89. The Morgan fingerprint density at radius 1 is 1.14 bits per heavy atom. The van der Waals surface area contributed by atoms with E-state index in [1.165, 1.54) is 0 Å². The Balaban J connectivity index is 1.92. The van der Waals surface area contributed by atoms with E-state index in [1.54, 1.807) is 37.7 Å². The van der Waals surface area contributed by atoms with Gasteiger partial charge in [-0.05, 0) is 35.7 Å². The molecular weight excluding hydrogens is 278 g/mol. The van der Waals surface area contributed by atoms with Gasteiger partial charge in [-0.2, -0.15) is 0 Å². The lowest BCUT2D eigenvalue weighted by molar-refractivity contribution is 0.111. The molecule has 0 fully saturated rings. The first kappa shape index (κ1) is 14.1. The molecule has 0 aliphatic heterocycles. The van der Waals surface area contributed by atoms with E-state index in [-0.39, 0.29) is 0 Å². The van der Waals surface area contributed by atoms with Gasteiger partial charge in [0.1, 0.15) is 18.1 Å². The summed E-state index contributed by atoms with van der Waals surface area (Å²) in [5.41, 5.74) is 1.48. The van der Waals surface area contributed by atoms with Crippen LogP contribution >= 0.6 is 0 Å². The van der Waals surface area contributed by atoms with Crippen LogP contribution in [0.2, 0.25) is 0 Å². The van der Waals surface area contributed by atoms with Gasteiger partial charge in [-0.3, -0.25) is 9.78 Å². The molecule has 22 heavy (non-hydrogen) atoms. The molecule has 4 nitrogen and oxygen atoms in total. The van der Waals surface area contributed by atoms with Crippen molar-refractivity contribution in [2.24, 2.45) is 0 Å². The third kappa shape index (κ3) is 2.76. The van der Waals surface area contributed by atoms with Crippen molar-refractivity contribution in [2.75, 3.05) is 7.11 Å². The molecule has 3 rings (SSSR count). The van der Waals surface area contributed by atoms with Crippen molar-refractivity contribution in [1.29, 1.82) is 0 Å². The van der Waals surface area contributed by atoms with Crippen molar-refractivity contribution in [3.8, 4) is 11.5 Å². The van der Waals surface area contributed by atoms with E-state index < -0.39 is 0 Å². The highest BCUT2D eigenvalue weighted by Gasteiger charge is 2.06. The van der Waals surface area contributed by atoms with Crippen molar-refractivity contribution in [1.82, 2.24) is 4.98 Å². The van der Waals surface area contributed by atoms with Crippen LogP contribution in [0, 0.1) is 0 Å². The Hall–Kier alpha value is -2.88. The maximum Gasteiger partial charge on any atom is 0.153 e. The van der Waals surface area contributed by atoms with Crippen molar-refractivity contribution < 1.29 is 14.3 Å². The van der Waals surface area contributed by atoms with Gasteiger partial charge in [0.05, 0.1) is 12.7 Å². The standard InChI is InChI=1S/C18H15NO3/c1-21-16-7-6-13-9-19-10-15(17(13)8-16)12-22-18-5-3-2-4-14(18)11-20/h2-11H,12H2,1H3. The van der Waals surface area contributed by atoms with E-state index in [2.05, 4.69) is 4.98 Å². The van der Waals surface area contributed by atoms with E-state index in [0.29, 0.717) is 17.9 Å². The number of carbonyl (C=O) groups is 1. The third-order valence-electron chi connectivity index (χ3n) is 3.48. The highest BCUT2D eigenvalue weighted by Crippen LogP contribution is 2.25. The van der Waals surface area contributed by atoms with Crippen molar-refractivity contribution in [3.63, 3.8) is 0 Å². The highest BCUT2D eigenvalue weighted by atomic mass is 16.5. The van der Waals surface area contributed by atoms with Crippen LogP contribution in [0.5, 0.6) is 11.5 Å². The molecular formula is C18H15NO3. The maximum absolute atomic E-state index is 11.0. The number of benzene rings is 2. The summed E-state index contributed by atoms with van der Waals surface area (Å²) < 4.78 is 11.1. The molecule has 110 valence electrons. The van der Waals surface area contributed by atoms with Crippen LogP contribution in [-0.4, -0.2) is 18.4 Å². The van der Waals surface area contributed by atoms with Crippen molar-refractivity contribution in [2.45, 2.75) is 6.61 Å². The van der Waals surface area contributed by atoms with Gasteiger partial charge < -0.3 is 9.47 Å². The number of carbonyl (C=O) groups excluding carboxylic acids is 1. The van der Waals surface area contributed by atoms with Gasteiger partial charge in [-0.15, -0.1) is 0 Å². The minimum atomic E-state index is 0.336. The SMILES string of the molecule is COc1ccc2cncc(COc3ccccc3C=O)c2c1. The molecule has 1 aromatic heterocycles. The number of fused-ring (bicyclic) bond motifs is 1. The lowest BCUT2D eigenvalue weighted by Crippen LogP contribution is -1.99. The van der Waals surface area contributed by atoms with Crippen LogP contribution in [0.1, 0.15) is 15.9 Å². The molecule has 0 amide bonds. The van der Waals surface area contributed by atoms with Crippen LogP contribution < -0.4 is 9.47 Å². The molecule has 0 saturated carbocycles. The second-order valence-electron chi connectivity index (χ2n) is 4.83.